The Morgan fingerprint density at radius 3 is 0.787 bits per heavy atom. The molecule has 0 spiro atoms. The van der Waals surface area contributed by atoms with Crippen molar-refractivity contribution in [2.45, 2.75) is 101 Å². The molecule has 4 aromatic heterocycles. The molecule has 12 aromatic rings. The number of carbonyl (C=O) groups excluding carboxylic acids is 12. The fourth-order valence-corrected chi connectivity index (χ4v) is 26.5. The molecule has 12 N–H and O–H groups in total. The van der Waals surface area contributed by atoms with Crippen molar-refractivity contribution in [2.75, 3.05) is 108 Å². The van der Waals surface area contributed by atoms with Crippen LogP contribution in [0, 0.1) is 5.92 Å². The standard InChI is InChI=1S/C27H27Cl2N5O5S2.C24H20Cl2N4O5S2.2C23H20Cl2N4O5S2/c28-21-16-19(31-27(37)32-41(38,39)25-9-8-23(29)40-25)5-7-22(21)34-24(35)15-17-14-18(4-6-20(17)26(34)36)30-10-13-33-11-2-1-3-12-33;25-18-11-16(28-24(33)29-37(34,35)22-8-7-20(26)36-22)4-6-19(18)30-21(31)10-14-9-15(27-12-13-1-2-13)3-5-17(14)23(30)32;2*1-2-9-26-14-3-5-16-13(10-14)11-20(30)29(22(16)31)18-6-4-15(12-17(18)24)27-23(32)28-36(33,34)21-8-7-19(25)35-21/h4-9,14,16,30H,1-3,10-13,15H2,(H2,31,32,37);3-9,11,13,27H,1-2,10,12H2,(H2,28,29,33);2*3-8,10,12,26H,2,9,11H2,1H3,(H2,27,28,32). The van der Waals surface area contributed by atoms with Gasteiger partial charge in [-0.15, -0.1) is 45.3 Å². The summed E-state index contributed by atoms with van der Waals surface area (Å²) in [6.45, 7) is 10.4. The minimum absolute atomic E-state index is 0.0199. The average molecular weight is 2350 g/mol. The average Bonchev–Trinajstić information content (AvgIpc) is 0.842. The molecule has 0 bridgehead atoms. The van der Waals surface area contributed by atoms with Crippen molar-refractivity contribution < 1.29 is 91.2 Å². The molecular formula is C97H87Cl8N17O20S8. The number of thiophene rings is 4. The fraction of sp³-hybridized carbons (Fsp3) is 0.216. The van der Waals surface area contributed by atoms with E-state index in [2.05, 4.69) is 47.4 Å². The van der Waals surface area contributed by atoms with E-state index in [1.807, 2.05) is 57.0 Å². The molecule has 8 aromatic carbocycles. The lowest BCUT2D eigenvalue weighted by atomic mass is 9.97. The highest BCUT2D eigenvalue weighted by molar-refractivity contribution is 7.93. The number of sulfonamides is 4. The number of carbonyl (C=O) groups is 12. The highest BCUT2D eigenvalue weighted by Gasteiger charge is 2.40. The Balaban J connectivity index is 0.000000150. The summed E-state index contributed by atoms with van der Waals surface area (Å²) in [6.07, 6.45) is 8.15. The van der Waals surface area contributed by atoms with Gasteiger partial charge >= 0.3 is 24.1 Å². The Bertz CT molecular complexity index is 7680. The second kappa shape index (κ2) is 48.4. The number of hydrogen-bond donors (Lipinski definition) is 12. The number of imide groups is 4. The molecule has 0 atom stereocenters. The molecule has 37 nitrogen and oxygen atoms in total. The van der Waals surface area contributed by atoms with Gasteiger partial charge in [0.25, 0.3) is 63.7 Å². The number of anilines is 12. The van der Waals surface area contributed by atoms with Crippen LogP contribution < -0.4 is 81.0 Å². The van der Waals surface area contributed by atoms with Gasteiger partial charge in [0.15, 0.2) is 0 Å². The van der Waals surface area contributed by atoms with E-state index in [9.17, 15) is 91.2 Å². The fourth-order valence-electron chi connectivity index (χ4n) is 15.9. The number of hydrogen-bond acceptors (Lipinski definition) is 29. The molecule has 53 heteroatoms. The Hall–Kier alpha value is -12.5. The molecule has 16 amide bonds. The van der Waals surface area contributed by atoms with Crippen LogP contribution in [0.2, 0.25) is 37.4 Å². The van der Waals surface area contributed by atoms with E-state index in [1.54, 1.807) is 48.5 Å². The van der Waals surface area contributed by atoms with Gasteiger partial charge in [-0.1, -0.05) is 113 Å². The number of nitrogens with one attached hydrogen (secondary N) is 12. The third kappa shape index (κ3) is 27.7. The van der Waals surface area contributed by atoms with E-state index in [-0.39, 0.29) is 125 Å². The number of piperidine rings is 1. The van der Waals surface area contributed by atoms with Gasteiger partial charge in [-0.25, -0.2) is 91.3 Å². The molecule has 9 heterocycles. The minimum Gasteiger partial charge on any atom is -0.385 e. The van der Waals surface area contributed by atoms with Crippen LogP contribution in [0.25, 0.3) is 0 Å². The number of likely N-dealkylation sites (tertiary alicyclic amines) is 1. The summed E-state index contributed by atoms with van der Waals surface area (Å²) in [5.41, 5.74) is 8.78. The first kappa shape index (κ1) is 112. The van der Waals surface area contributed by atoms with Crippen LogP contribution in [0.3, 0.4) is 0 Å². The van der Waals surface area contributed by atoms with Gasteiger partial charge in [-0.2, -0.15) is 0 Å². The van der Waals surface area contributed by atoms with Gasteiger partial charge in [0, 0.05) is 100 Å². The molecule has 0 unspecified atom stereocenters. The van der Waals surface area contributed by atoms with Crippen molar-refractivity contribution in [1.29, 1.82) is 0 Å². The number of fused-ring (bicyclic) bond motifs is 4. The molecule has 18 rings (SSSR count). The molecule has 0 radical (unpaired) electrons. The maximum Gasteiger partial charge on any atom is 0.333 e. The topological polar surface area (TPSA) is 502 Å². The summed E-state index contributed by atoms with van der Waals surface area (Å²) in [7, 11) is -16.4. The Morgan fingerprint density at radius 1 is 0.307 bits per heavy atom. The van der Waals surface area contributed by atoms with Gasteiger partial charge in [0.05, 0.1) is 85.9 Å². The molecule has 2 fully saturated rings. The van der Waals surface area contributed by atoms with Gasteiger partial charge < -0.3 is 47.4 Å². The first-order valence-electron chi connectivity index (χ1n) is 45.6. The summed E-state index contributed by atoms with van der Waals surface area (Å²) in [5, 5.41) is 22.8. The Kier molecular flexibility index (Phi) is 36.0. The quantitative estimate of drug-likeness (QED) is 0.0194. The largest absolute Gasteiger partial charge is 0.385 e. The van der Waals surface area contributed by atoms with Crippen molar-refractivity contribution >= 4 is 318 Å². The Labute approximate surface area is 915 Å². The lowest BCUT2D eigenvalue weighted by Crippen LogP contribution is -2.42. The van der Waals surface area contributed by atoms with Gasteiger partial charge in [0.2, 0.25) is 23.6 Å². The van der Waals surface area contributed by atoms with Crippen molar-refractivity contribution in [3.63, 3.8) is 0 Å². The van der Waals surface area contributed by atoms with E-state index in [4.69, 9.17) is 92.8 Å². The normalized spacial score (nSPS) is 14.5. The highest BCUT2D eigenvalue weighted by atomic mass is 35.5. The van der Waals surface area contributed by atoms with Crippen LogP contribution in [0.5, 0.6) is 0 Å². The van der Waals surface area contributed by atoms with Crippen molar-refractivity contribution in [3.05, 3.63) is 276 Å². The van der Waals surface area contributed by atoms with Crippen molar-refractivity contribution in [3.8, 4) is 0 Å². The predicted molar refractivity (Wildman–Crippen MR) is 586 cm³/mol. The smallest absolute Gasteiger partial charge is 0.333 e. The van der Waals surface area contributed by atoms with Crippen molar-refractivity contribution in [2.24, 2.45) is 5.92 Å². The van der Waals surface area contributed by atoms with Crippen molar-refractivity contribution in [1.82, 2.24) is 23.8 Å². The number of amides is 16. The molecule has 150 heavy (non-hydrogen) atoms. The van der Waals surface area contributed by atoms with Crippen LogP contribution in [0.4, 0.5) is 87.4 Å². The third-order valence-corrected chi connectivity index (χ3v) is 36.5. The number of benzene rings is 8. The minimum atomic E-state index is -4.12. The van der Waals surface area contributed by atoms with Gasteiger partial charge in [-0.05, 0) is 274 Å². The second-order valence-corrected chi connectivity index (χ2v) is 50.1. The van der Waals surface area contributed by atoms with Crippen LogP contribution >= 0.6 is 138 Å². The Morgan fingerprint density at radius 2 is 0.553 bits per heavy atom. The SMILES string of the molecule is CCCNc1ccc2c(c1)CC(=O)N(c1ccc(NC(=O)NS(=O)(=O)c3ccc(Cl)s3)cc1Cl)C2=O.CCCNc1ccc2c(c1)CC(=O)N(c1ccc(NC(=O)NS(=O)(=O)c3ccc(Cl)s3)cc1Cl)C2=O.O=C(Nc1ccc(N2C(=O)Cc3cc(NCC4CC4)ccc3C2=O)c(Cl)c1)NS(=O)(=O)c1ccc(Cl)s1.O=C(Nc1ccc(N2C(=O)Cc3cc(NCCN4CCCCC4)ccc3C2=O)c(Cl)c1)NS(=O)(=O)c1ccc(Cl)s1. The monoisotopic (exact) mass is 2350 g/mol. The van der Waals surface area contributed by atoms with Crippen LogP contribution in [-0.2, 0) is 85.0 Å². The lowest BCUT2D eigenvalue weighted by molar-refractivity contribution is -0.118. The zero-order valence-corrected chi connectivity index (χ0v) is 91.1. The summed E-state index contributed by atoms with van der Waals surface area (Å²) in [6, 6.07) is 44.5. The van der Waals surface area contributed by atoms with E-state index in [1.165, 1.54) is 153 Å². The number of urea groups is 4. The number of halogens is 8. The summed E-state index contributed by atoms with van der Waals surface area (Å²) >= 11 is 51.8. The van der Waals surface area contributed by atoms with E-state index in [0.29, 0.717) is 50.4 Å². The summed E-state index contributed by atoms with van der Waals surface area (Å²) < 4.78 is 107. The molecule has 1 saturated carbocycles. The van der Waals surface area contributed by atoms with E-state index < -0.39 is 111 Å². The molecule has 784 valence electrons. The molecule has 1 aliphatic carbocycles. The van der Waals surface area contributed by atoms with Crippen LogP contribution in [0.15, 0.2) is 211 Å². The number of rotatable bonds is 29. The predicted octanol–water partition coefficient (Wildman–Crippen LogP) is 20.5. The van der Waals surface area contributed by atoms with E-state index >= 15 is 0 Å². The summed E-state index contributed by atoms with van der Waals surface area (Å²) in [4.78, 5) is 160. The van der Waals surface area contributed by atoms with Gasteiger partial charge in [-0.3, -0.25) is 38.4 Å². The van der Waals surface area contributed by atoms with Gasteiger partial charge in [0.1, 0.15) is 16.8 Å². The third-order valence-electron chi connectivity index (χ3n) is 23.1. The van der Waals surface area contributed by atoms with Crippen LogP contribution in [0.1, 0.15) is 122 Å². The molecule has 6 aliphatic rings. The molecule has 1 saturated heterocycles. The van der Waals surface area contributed by atoms with E-state index in [0.717, 1.165) is 146 Å². The summed E-state index contributed by atoms with van der Waals surface area (Å²) in [5.74, 6) is -3.09. The molecule has 5 aliphatic heterocycles. The maximum absolute atomic E-state index is 13.3. The molecular weight excluding hydrogens is 2260 g/mol. The zero-order valence-electron chi connectivity index (χ0n) is 78.5. The maximum atomic E-state index is 13.3. The second-order valence-electron chi connectivity index (χ2n) is 34.0. The van der Waals surface area contributed by atoms with Crippen LogP contribution in [-0.4, -0.2) is 156 Å². The highest BCUT2D eigenvalue weighted by Crippen LogP contribution is 2.42. The first-order chi connectivity index (χ1) is 71.4. The zero-order chi connectivity index (χ0) is 108. The number of nitrogens with zero attached hydrogens (tertiary/aromatic N) is 5. The lowest BCUT2D eigenvalue weighted by Gasteiger charge is -2.28. The first-order valence-corrected chi connectivity index (χ1v) is 57.8.